The third-order valence-corrected chi connectivity index (χ3v) is 2.62. The van der Waals surface area contributed by atoms with Gasteiger partial charge in [-0.3, -0.25) is 9.89 Å². The van der Waals surface area contributed by atoms with Gasteiger partial charge in [0.15, 0.2) is 0 Å². The van der Waals surface area contributed by atoms with Gasteiger partial charge in [-0.25, -0.2) is 0 Å². The summed E-state index contributed by atoms with van der Waals surface area (Å²) in [6.45, 7) is 4.84. The van der Waals surface area contributed by atoms with Gasteiger partial charge < -0.3 is 4.90 Å². The molecule has 1 rings (SSSR count). The van der Waals surface area contributed by atoms with Crippen molar-refractivity contribution >= 4 is 5.91 Å². The van der Waals surface area contributed by atoms with Crippen molar-refractivity contribution < 1.29 is 4.79 Å². The Kier molecular flexibility index (Phi) is 4.34. The molecule has 0 aliphatic heterocycles. The van der Waals surface area contributed by atoms with Crippen molar-refractivity contribution in [2.75, 3.05) is 7.05 Å². The zero-order valence-electron chi connectivity index (χ0n) is 9.66. The molecule has 1 aromatic rings. The highest BCUT2D eigenvalue weighted by molar-refractivity contribution is 5.76. The number of hydrogen-bond donors (Lipinski definition) is 1. The van der Waals surface area contributed by atoms with Crippen molar-refractivity contribution in [1.29, 1.82) is 0 Å². The minimum absolute atomic E-state index is 0.200. The topological polar surface area (TPSA) is 49.0 Å². The maximum absolute atomic E-state index is 11.7. The third-order valence-electron chi connectivity index (χ3n) is 2.62. The van der Waals surface area contributed by atoms with E-state index in [0.29, 0.717) is 18.9 Å². The highest BCUT2D eigenvalue weighted by Gasteiger charge is 2.12. The Morgan fingerprint density at radius 1 is 1.67 bits per heavy atom. The quantitative estimate of drug-likeness (QED) is 0.804. The van der Waals surface area contributed by atoms with E-state index in [2.05, 4.69) is 24.0 Å². The first-order valence-corrected chi connectivity index (χ1v) is 5.35. The van der Waals surface area contributed by atoms with Crippen molar-refractivity contribution in [3.8, 4) is 0 Å². The zero-order valence-corrected chi connectivity index (χ0v) is 9.66. The molecule has 1 amide bonds. The molecule has 0 spiro atoms. The highest BCUT2D eigenvalue weighted by Crippen LogP contribution is 2.09. The van der Waals surface area contributed by atoms with Crippen LogP contribution in [0.4, 0.5) is 0 Å². The Morgan fingerprint density at radius 3 is 2.93 bits per heavy atom. The first-order valence-electron chi connectivity index (χ1n) is 5.35. The lowest BCUT2D eigenvalue weighted by molar-refractivity contribution is -0.131. The molecule has 4 nitrogen and oxygen atoms in total. The summed E-state index contributed by atoms with van der Waals surface area (Å²) in [7, 11) is 1.83. The molecule has 0 saturated heterocycles. The Balaban J connectivity index is 2.40. The molecule has 1 unspecified atom stereocenters. The molecule has 0 aromatic carbocycles. The van der Waals surface area contributed by atoms with Gasteiger partial charge in [-0.15, -0.1) is 0 Å². The smallest absolute Gasteiger partial charge is 0.222 e. The summed E-state index contributed by atoms with van der Waals surface area (Å²) in [6.07, 6.45) is 5.23. The Bertz CT molecular complexity index is 295. The molecule has 1 atom stereocenters. The van der Waals surface area contributed by atoms with Gasteiger partial charge in [-0.1, -0.05) is 20.3 Å². The Morgan fingerprint density at radius 2 is 2.40 bits per heavy atom. The van der Waals surface area contributed by atoms with Crippen LogP contribution in [0.2, 0.25) is 0 Å². The van der Waals surface area contributed by atoms with Gasteiger partial charge in [0.1, 0.15) is 0 Å². The Labute approximate surface area is 90.7 Å². The van der Waals surface area contributed by atoms with Crippen LogP contribution in [0.3, 0.4) is 0 Å². The SMILES string of the molecule is CCC(C)CC(=O)N(C)Cc1cn[nH]c1. The van der Waals surface area contributed by atoms with E-state index >= 15 is 0 Å². The molecule has 0 aliphatic carbocycles. The normalized spacial score (nSPS) is 12.5. The highest BCUT2D eigenvalue weighted by atomic mass is 16.2. The van der Waals surface area contributed by atoms with E-state index in [4.69, 9.17) is 0 Å². The van der Waals surface area contributed by atoms with E-state index in [-0.39, 0.29) is 5.91 Å². The fourth-order valence-electron chi connectivity index (χ4n) is 1.32. The van der Waals surface area contributed by atoms with Gasteiger partial charge >= 0.3 is 0 Å². The number of aromatic nitrogens is 2. The van der Waals surface area contributed by atoms with Gasteiger partial charge in [0, 0.05) is 31.8 Å². The number of carbonyl (C=O) groups is 1. The predicted octanol–water partition coefficient (Wildman–Crippen LogP) is 1.80. The van der Waals surface area contributed by atoms with Gasteiger partial charge in [0.25, 0.3) is 0 Å². The van der Waals surface area contributed by atoms with Crippen LogP contribution >= 0.6 is 0 Å². The Hall–Kier alpha value is -1.32. The lowest BCUT2D eigenvalue weighted by Gasteiger charge is -2.18. The average Bonchev–Trinajstić information content (AvgIpc) is 2.70. The third kappa shape index (κ3) is 3.73. The largest absolute Gasteiger partial charge is 0.341 e. The molecule has 15 heavy (non-hydrogen) atoms. The maximum Gasteiger partial charge on any atom is 0.222 e. The number of rotatable bonds is 5. The number of H-pyrrole nitrogens is 1. The molecule has 84 valence electrons. The van der Waals surface area contributed by atoms with E-state index in [1.54, 1.807) is 11.1 Å². The van der Waals surface area contributed by atoms with Crippen molar-refractivity contribution in [2.45, 2.75) is 33.2 Å². The summed E-state index contributed by atoms with van der Waals surface area (Å²) in [6, 6.07) is 0. The van der Waals surface area contributed by atoms with E-state index in [1.165, 1.54) is 0 Å². The van der Waals surface area contributed by atoms with Crippen LogP contribution in [-0.2, 0) is 11.3 Å². The number of carbonyl (C=O) groups excluding carboxylic acids is 1. The van der Waals surface area contributed by atoms with Crippen LogP contribution in [0.5, 0.6) is 0 Å². The first kappa shape index (κ1) is 11.8. The van der Waals surface area contributed by atoms with E-state index < -0.39 is 0 Å². The van der Waals surface area contributed by atoms with Gasteiger partial charge in [-0.05, 0) is 5.92 Å². The average molecular weight is 209 g/mol. The monoisotopic (exact) mass is 209 g/mol. The molecule has 0 saturated carbocycles. The molecule has 0 radical (unpaired) electrons. The standard InChI is InChI=1S/C11H19N3O/c1-4-9(2)5-11(15)14(3)8-10-6-12-13-7-10/h6-7,9H,4-5,8H2,1-3H3,(H,12,13). The molecule has 1 heterocycles. The molecule has 0 fully saturated rings. The van der Waals surface area contributed by atoms with Gasteiger partial charge in [-0.2, -0.15) is 5.10 Å². The second-order valence-electron chi connectivity index (χ2n) is 4.07. The van der Waals surface area contributed by atoms with E-state index in [1.807, 2.05) is 13.2 Å². The summed E-state index contributed by atoms with van der Waals surface area (Å²) >= 11 is 0. The fraction of sp³-hybridized carbons (Fsp3) is 0.636. The van der Waals surface area contributed by atoms with Crippen LogP contribution < -0.4 is 0 Å². The molecule has 0 aliphatic rings. The van der Waals surface area contributed by atoms with E-state index in [0.717, 1.165) is 12.0 Å². The van der Waals surface area contributed by atoms with Crippen LogP contribution in [-0.4, -0.2) is 28.1 Å². The number of amides is 1. The molecule has 0 bridgehead atoms. The minimum atomic E-state index is 0.200. The summed E-state index contributed by atoms with van der Waals surface area (Å²) in [5.41, 5.74) is 1.04. The second kappa shape index (κ2) is 5.53. The number of aromatic amines is 1. The van der Waals surface area contributed by atoms with E-state index in [9.17, 15) is 4.79 Å². The maximum atomic E-state index is 11.7. The zero-order chi connectivity index (χ0) is 11.3. The van der Waals surface area contributed by atoms with Crippen LogP contribution in [0.1, 0.15) is 32.3 Å². The number of nitrogens with one attached hydrogen (secondary N) is 1. The molecule has 1 N–H and O–H groups in total. The summed E-state index contributed by atoms with van der Waals surface area (Å²) in [5.74, 6) is 0.662. The number of hydrogen-bond acceptors (Lipinski definition) is 2. The molecule has 1 aromatic heterocycles. The summed E-state index contributed by atoms with van der Waals surface area (Å²) in [4.78, 5) is 13.5. The lowest BCUT2D eigenvalue weighted by Crippen LogP contribution is -2.27. The van der Waals surface area contributed by atoms with Gasteiger partial charge in [0.2, 0.25) is 5.91 Å². The minimum Gasteiger partial charge on any atom is -0.341 e. The van der Waals surface area contributed by atoms with Crippen molar-refractivity contribution in [3.05, 3.63) is 18.0 Å². The molecular weight excluding hydrogens is 190 g/mol. The lowest BCUT2D eigenvalue weighted by atomic mass is 10.0. The summed E-state index contributed by atoms with van der Waals surface area (Å²) < 4.78 is 0. The summed E-state index contributed by atoms with van der Waals surface area (Å²) in [5, 5.41) is 6.59. The molecular formula is C11H19N3O. The van der Waals surface area contributed by atoms with Crippen LogP contribution in [0.15, 0.2) is 12.4 Å². The van der Waals surface area contributed by atoms with Gasteiger partial charge in [0.05, 0.1) is 6.20 Å². The van der Waals surface area contributed by atoms with Crippen LogP contribution in [0.25, 0.3) is 0 Å². The van der Waals surface area contributed by atoms with Crippen molar-refractivity contribution in [3.63, 3.8) is 0 Å². The molecule has 4 heteroatoms. The van der Waals surface area contributed by atoms with Crippen molar-refractivity contribution in [2.24, 2.45) is 5.92 Å². The first-order chi connectivity index (χ1) is 7.13. The predicted molar refractivity (Wildman–Crippen MR) is 59.1 cm³/mol. The van der Waals surface area contributed by atoms with Crippen LogP contribution in [0, 0.1) is 5.92 Å². The number of nitrogens with zero attached hydrogens (tertiary/aromatic N) is 2. The fourth-order valence-corrected chi connectivity index (χ4v) is 1.32. The second-order valence-corrected chi connectivity index (χ2v) is 4.07. The van der Waals surface area contributed by atoms with Crippen molar-refractivity contribution in [1.82, 2.24) is 15.1 Å².